The molecule has 1 saturated carbocycles. The fourth-order valence-electron chi connectivity index (χ4n) is 2.40. The van der Waals surface area contributed by atoms with Crippen molar-refractivity contribution in [3.63, 3.8) is 0 Å². The number of carbonyl (C=O) groups is 1. The number of amides is 2. The summed E-state index contributed by atoms with van der Waals surface area (Å²) in [5.41, 5.74) is 9.03. The quantitative estimate of drug-likeness (QED) is 0.678. The number of anilines is 1. The van der Waals surface area contributed by atoms with E-state index in [4.69, 9.17) is 5.73 Å². The minimum Gasteiger partial charge on any atom is -0.399 e. The second kappa shape index (κ2) is 3.95. The highest BCUT2D eigenvalue weighted by Crippen LogP contribution is 2.32. The third kappa shape index (κ3) is 2.20. The molecule has 0 spiro atoms. The van der Waals surface area contributed by atoms with Crippen LogP contribution in [0.1, 0.15) is 36.4 Å². The van der Waals surface area contributed by atoms with E-state index in [1.807, 2.05) is 18.2 Å². The van der Waals surface area contributed by atoms with Gasteiger partial charge in [-0.3, -0.25) is 0 Å². The van der Waals surface area contributed by atoms with Gasteiger partial charge in [-0.1, -0.05) is 6.07 Å². The molecule has 0 heterocycles. The van der Waals surface area contributed by atoms with Gasteiger partial charge in [-0.05, 0) is 48.9 Å². The largest absolute Gasteiger partial charge is 0.399 e. The predicted octanol–water partition coefficient (Wildman–Crippen LogP) is 1.72. The van der Waals surface area contributed by atoms with Gasteiger partial charge < -0.3 is 16.4 Å². The van der Waals surface area contributed by atoms with Crippen LogP contribution >= 0.6 is 0 Å². The summed E-state index contributed by atoms with van der Waals surface area (Å²) in [5.74, 6) is 0. The Kier molecular flexibility index (Phi) is 2.42. The molecule has 4 heteroatoms. The van der Waals surface area contributed by atoms with Crippen molar-refractivity contribution in [3.05, 3.63) is 29.3 Å². The fraction of sp³-hybridized carbons (Fsp3) is 0.462. The summed E-state index contributed by atoms with van der Waals surface area (Å²) < 4.78 is 0. The first-order valence-electron chi connectivity index (χ1n) is 6.18. The van der Waals surface area contributed by atoms with E-state index in [0.717, 1.165) is 31.4 Å². The third-order valence-corrected chi connectivity index (χ3v) is 3.46. The molecule has 0 aromatic heterocycles. The molecule has 90 valence electrons. The van der Waals surface area contributed by atoms with Gasteiger partial charge >= 0.3 is 6.03 Å². The Balaban J connectivity index is 1.68. The SMILES string of the molecule is Nc1ccc2c(c1)CCC2NC(=O)NC1CC1. The number of nitrogens with one attached hydrogen (secondary N) is 2. The zero-order valence-corrected chi connectivity index (χ0v) is 9.70. The van der Waals surface area contributed by atoms with Crippen LogP contribution in [-0.2, 0) is 6.42 Å². The summed E-state index contributed by atoms with van der Waals surface area (Å²) in [6.45, 7) is 0. The van der Waals surface area contributed by atoms with Crippen molar-refractivity contribution in [2.45, 2.75) is 37.8 Å². The topological polar surface area (TPSA) is 67.1 Å². The molecular formula is C13H17N3O. The van der Waals surface area contributed by atoms with Crippen molar-refractivity contribution < 1.29 is 4.79 Å². The summed E-state index contributed by atoms with van der Waals surface area (Å²) in [6.07, 6.45) is 4.20. The van der Waals surface area contributed by atoms with Crippen LogP contribution in [0, 0.1) is 0 Å². The van der Waals surface area contributed by atoms with Crippen molar-refractivity contribution in [1.29, 1.82) is 0 Å². The van der Waals surface area contributed by atoms with E-state index in [0.29, 0.717) is 6.04 Å². The van der Waals surface area contributed by atoms with Crippen molar-refractivity contribution in [2.75, 3.05) is 5.73 Å². The molecule has 2 amide bonds. The van der Waals surface area contributed by atoms with E-state index >= 15 is 0 Å². The number of rotatable bonds is 2. The van der Waals surface area contributed by atoms with Gasteiger partial charge in [0.2, 0.25) is 0 Å². The van der Waals surface area contributed by atoms with E-state index in [1.165, 1.54) is 11.1 Å². The van der Waals surface area contributed by atoms with Crippen molar-refractivity contribution in [3.8, 4) is 0 Å². The van der Waals surface area contributed by atoms with Crippen LogP contribution in [0.15, 0.2) is 18.2 Å². The van der Waals surface area contributed by atoms with E-state index in [9.17, 15) is 4.79 Å². The summed E-state index contributed by atoms with van der Waals surface area (Å²) in [6, 6.07) is 6.45. The maximum atomic E-state index is 11.7. The second-order valence-electron chi connectivity index (χ2n) is 4.94. The highest BCUT2D eigenvalue weighted by Gasteiger charge is 2.27. The van der Waals surface area contributed by atoms with Crippen LogP contribution in [0.3, 0.4) is 0 Å². The first-order valence-corrected chi connectivity index (χ1v) is 6.18. The number of urea groups is 1. The van der Waals surface area contributed by atoms with E-state index in [2.05, 4.69) is 10.6 Å². The summed E-state index contributed by atoms with van der Waals surface area (Å²) >= 11 is 0. The number of nitrogens with two attached hydrogens (primary N) is 1. The van der Waals surface area contributed by atoms with Crippen LogP contribution in [-0.4, -0.2) is 12.1 Å². The smallest absolute Gasteiger partial charge is 0.315 e. The molecule has 1 aromatic carbocycles. The van der Waals surface area contributed by atoms with Crippen molar-refractivity contribution >= 4 is 11.7 Å². The number of aryl methyl sites for hydroxylation is 1. The average molecular weight is 231 g/mol. The number of nitrogen functional groups attached to an aromatic ring is 1. The lowest BCUT2D eigenvalue weighted by Gasteiger charge is -2.14. The molecule has 0 saturated heterocycles. The lowest BCUT2D eigenvalue weighted by atomic mass is 10.1. The molecule has 0 aliphatic heterocycles. The lowest BCUT2D eigenvalue weighted by molar-refractivity contribution is 0.236. The van der Waals surface area contributed by atoms with E-state index in [-0.39, 0.29) is 12.1 Å². The van der Waals surface area contributed by atoms with Crippen LogP contribution in [0.5, 0.6) is 0 Å². The maximum absolute atomic E-state index is 11.7. The van der Waals surface area contributed by atoms with Crippen LogP contribution < -0.4 is 16.4 Å². The van der Waals surface area contributed by atoms with E-state index in [1.54, 1.807) is 0 Å². The van der Waals surface area contributed by atoms with Gasteiger partial charge in [0.1, 0.15) is 0 Å². The van der Waals surface area contributed by atoms with E-state index < -0.39 is 0 Å². The normalized spacial score (nSPS) is 22.0. The molecule has 3 rings (SSSR count). The number of fused-ring (bicyclic) bond motifs is 1. The Morgan fingerprint density at radius 1 is 1.24 bits per heavy atom. The first-order chi connectivity index (χ1) is 8.22. The molecule has 4 nitrogen and oxygen atoms in total. The number of carbonyl (C=O) groups excluding carboxylic acids is 1. The average Bonchev–Trinajstić information content (AvgIpc) is 3.01. The number of hydrogen-bond donors (Lipinski definition) is 3. The zero-order chi connectivity index (χ0) is 11.8. The Morgan fingerprint density at radius 2 is 2.06 bits per heavy atom. The molecule has 1 aromatic rings. The van der Waals surface area contributed by atoms with Gasteiger partial charge in [-0.15, -0.1) is 0 Å². The second-order valence-corrected chi connectivity index (χ2v) is 4.94. The van der Waals surface area contributed by atoms with Gasteiger partial charge in [-0.25, -0.2) is 4.79 Å². The zero-order valence-electron chi connectivity index (χ0n) is 9.70. The summed E-state index contributed by atoms with van der Waals surface area (Å²) in [7, 11) is 0. The third-order valence-electron chi connectivity index (χ3n) is 3.46. The monoisotopic (exact) mass is 231 g/mol. The van der Waals surface area contributed by atoms with Gasteiger partial charge in [-0.2, -0.15) is 0 Å². The molecule has 0 bridgehead atoms. The standard InChI is InChI=1S/C13H17N3O/c14-9-2-5-11-8(7-9)1-6-12(11)16-13(17)15-10-3-4-10/h2,5,7,10,12H,1,3-4,6,14H2,(H2,15,16,17). The molecule has 17 heavy (non-hydrogen) atoms. The van der Waals surface area contributed by atoms with Gasteiger partial charge in [0.15, 0.2) is 0 Å². The molecule has 1 atom stereocenters. The Hall–Kier alpha value is -1.71. The maximum Gasteiger partial charge on any atom is 0.315 e. The summed E-state index contributed by atoms with van der Waals surface area (Å²) in [5, 5.41) is 5.98. The van der Waals surface area contributed by atoms with Crippen LogP contribution in [0.25, 0.3) is 0 Å². The number of hydrogen-bond acceptors (Lipinski definition) is 2. The summed E-state index contributed by atoms with van der Waals surface area (Å²) in [4.78, 5) is 11.7. The Bertz CT molecular complexity index is 454. The van der Waals surface area contributed by atoms with Gasteiger partial charge in [0.05, 0.1) is 6.04 Å². The molecular weight excluding hydrogens is 214 g/mol. The molecule has 0 radical (unpaired) electrons. The highest BCUT2D eigenvalue weighted by molar-refractivity contribution is 5.75. The number of benzene rings is 1. The molecule has 1 fully saturated rings. The highest BCUT2D eigenvalue weighted by atomic mass is 16.2. The predicted molar refractivity (Wildman–Crippen MR) is 66.6 cm³/mol. The van der Waals surface area contributed by atoms with Gasteiger partial charge in [0, 0.05) is 11.7 Å². The molecule has 1 unspecified atom stereocenters. The van der Waals surface area contributed by atoms with Crippen molar-refractivity contribution in [2.24, 2.45) is 0 Å². The Labute approximate surface area is 101 Å². The van der Waals surface area contributed by atoms with Gasteiger partial charge in [0.25, 0.3) is 0 Å². The first kappa shape index (κ1) is 10.4. The molecule has 4 N–H and O–H groups in total. The van der Waals surface area contributed by atoms with Crippen LogP contribution in [0.2, 0.25) is 0 Å². The Morgan fingerprint density at radius 3 is 2.82 bits per heavy atom. The molecule has 2 aliphatic carbocycles. The fourth-order valence-corrected chi connectivity index (χ4v) is 2.40. The lowest BCUT2D eigenvalue weighted by Crippen LogP contribution is -2.38. The van der Waals surface area contributed by atoms with Crippen LogP contribution in [0.4, 0.5) is 10.5 Å². The molecule has 2 aliphatic rings. The minimum atomic E-state index is -0.0397. The van der Waals surface area contributed by atoms with Crippen molar-refractivity contribution in [1.82, 2.24) is 10.6 Å². The minimum absolute atomic E-state index is 0.0397.